The highest BCUT2D eigenvalue weighted by molar-refractivity contribution is 5.92. The molecule has 0 heterocycles. The normalized spacial score (nSPS) is 13.2. The Morgan fingerprint density at radius 1 is 1.09 bits per heavy atom. The topological polar surface area (TPSA) is 17.1 Å². The molecule has 0 amide bonds. The van der Waals surface area contributed by atoms with Crippen LogP contribution in [-0.4, -0.2) is 5.78 Å². The second kappa shape index (κ2) is 5.66. The molecule has 0 unspecified atom stereocenters. The highest BCUT2D eigenvalue weighted by Gasteiger charge is 1.90. The maximum Gasteiger partial charge on any atom is 0.155 e. The van der Waals surface area contributed by atoms with Gasteiger partial charge in [0.2, 0.25) is 0 Å². The van der Waals surface area contributed by atoms with Crippen molar-refractivity contribution in [3.05, 3.63) is 36.0 Å². The lowest BCUT2D eigenvalue weighted by atomic mass is 10.2. The van der Waals surface area contributed by atoms with E-state index in [1.54, 1.807) is 6.92 Å². The van der Waals surface area contributed by atoms with Crippen molar-refractivity contribution in [2.24, 2.45) is 0 Å². The average Bonchev–Trinajstić information content (AvgIpc) is 1.97. The molecule has 0 aliphatic rings. The number of allylic oxidation sites excluding steroid dienone is 6. The van der Waals surface area contributed by atoms with Gasteiger partial charge in [-0.1, -0.05) is 30.4 Å². The maximum absolute atomic E-state index is 10.7. The van der Waals surface area contributed by atoms with E-state index in [1.807, 2.05) is 44.2 Å². The third-order valence-electron chi connectivity index (χ3n) is 1.32. The van der Waals surface area contributed by atoms with Crippen molar-refractivity contribution in [3.8, 4) is 0 Å². The van der Waals surface area contributed by atoms with Gasteiger partial charge in [-0.05, 0) is 26.3 Å². The SMILES string of the molecule is C/C=C/C=C/C=C(/C)C(C)=O. The summed E-state index contributed by atoms with van der Waals surface area (Å²) in [5, 5.41) is 0. The second-order valence-electron chi connectivity index (χ2n) is 2.32. The number of hydrogen-bond donors (Lipinski definition) is 0. The van der Waals surface area contributed by atoms with E-state index < -0.39 is 0 Å². The van der Waals surface area contributed by atoms with Crippen LogP contribution in [0, 0.1) is 0 Å². The number of Topliss-reactive ketones (excluding diaryl/α,β-unsaturated/α-hetero) is 1. The number of carbonyl (C=O) groups is 1. The van der Waals surface area contributed by atoms with Crippen LogP contribution in [0.3, 0.4) is 0 Å². The van der Waals surface area contributed by atoms with Gasteiger partial charge in [0, 0.05) is 0 Å². The molecule has 0 atom stereocenters. The summed E-state index contributed by atoms with van der Waals surface area (Å²) >= 11 is 0. The minimum absolute atomic E-state index is 0.120. The van der Waals surface area contributed by atoms with E-state index in [2.05, 4.69) is 0 Å². The Morgan fingerprint density at radius 3 is 2.18 bits per heavy atom. The summed E-state index contributed by atoms with van der Waals surface area (Å²) in [5.74, 6) is 0.120. The Labute approximate surface area is 68.1 Å². The van der Waals surface area contributed by atoms with Gasteiger partial charge < -0.3 is 0 Å². The molecule has 0 aliphatic carbocycles. The quantitative estimate of drug-likeness (QED) is 0.446. The summed E-state index contributed by atoms with van der Waals surface area (Å²) in [6, 6.07) is 0. The lowest BCUT2D eigenvalue weighted by molar-refractivity contribution is -0.113. The fourth-order valence-corrected chi connectivity index (χ4v) is 0.493. The molecule has 0 aromatic rings. The molecule has 0 bridgehead atoms. The summed E-state index contributed by atoms with van der Waals surface area (Å²) in [6.07, 6.45) is 9.42. The Bertz CT molecular complexity index is 207. The minimum Gasteiger partial charge on any atom is -0.295 e. The Hall–Kier alpha value is -1.11. The lowest BCUT2D eigenvalue weighted by Gasteiger charge is -1.87. The van der Waals surface area contributed by atoms with Crippen molar-refractivity contribution in [2.75, 3.05) is 0 Å². The molecule has 1 heteroatoms. The highest BCUT2D eigenvalue weighted by Crippen LogP contribution is 1.93. The van der Waals surface area contributed by atoms with E-state index in [-0.39, 0.29) is 5.78 Å². The van der Waals surface area contributed by atoms with Crippen molar-refractivity contribution in [2.45, 2.75) is 20.8 Å². The third kappa shape index (κ3) is 5.34. The van der Waals surface area contributed by atoms with E-state index in [1.165, 1.54) is 0 Å². The van der Waals surface area contributed by atoms with E-state index in [0.717, 1.165) is 5.57 Å². The Balaban J connectivity index is 4.01. The predicted octanol–water partition coefficient (Wildman–Crippen LogP) is 2.65. The van der Waals surface area contributed by atoms with Crippen LogP contribution >= 0.6 is 0 Å². The van der Waals surface area contributed by atoms with Crippen molar-refractivity contribution in [1.82, 2.24) is 0 Å². The second-order valence-corrected chi connectivity index (χ2v) is 2.32. The first-order chi connectivity index (χ1) is 5.18. The van der Waals surface area contributed by atoms with Crippen LogP contribution in [0.1, 0.15) is 20.8 Å². The average molecular weight is 150 g/mol. The van der Waals surface area contributed by atoms with Gasteiger partial charge in [0.25, 0.3) is 0 Å². The lowest BCUT2D eigenvalue weighted by Crippen LogP contribution is -1.89. The van der Waals surface area contributed by atoms with Gasteiger partial charge in [-0.15, -0.1) is 0 Å². The van der Waals surface area contributed by atoms with E-state index in [4.69, 9.17) is 0 Å². The summed E-state index contributed by atoms with van der Waals surface area (Å²) in [5.41, 5.74) is 0.783. The van der Waals surface area contributed by atoms with Gasteiger partial charge in [0.15, 0.2) is 5.78 Å². The molecule has 0 saturated carbocycles. The summed E-state index contributed by atoms with van der Waals surface area (Å²) in [7, 11) is 0. The zero-order valence-electron chi connectivity index (χ0n) is 7.29. The molecule has 0 aromatic carbocycles. The van der Waals surface area contributed by atoms with Crippen molar-refractivity contribution >= 4 is 5.78 Å². The number of ketones is 1. The zero-order valence-corrected chi connectivity index (χ0v) is 7.29. The fraction of sp³-hybridized carbons (Fsp3) is 0.300. The van der Waals surface area contributed by atoms with E-state index in [9.17, 15) is 4.79 Å². The Kier molecular flexibility index (Phi) is 5.09. The van der Waals surface area contributed by atoms with Crippen LogP contribution in [0.25, 0.3) is 0 Å². The smallest absolute Gasteiger partial charge is 0.155 e. The van der Waals surface area contributed by atoms with Gasteiger partial charge in [-0.25, -0.2) is 0 Å². The largest absolute Gasteiger partial charge is 0.295 e. The molecule has 0 spiro atoms. The molecular weight excluding hydrogens is 136 g/mol. The molecular formula is C10H14O. The Morgan fingerprint density at radius 2 is 1.73 bits per heavy atom. The fourth-order valence-electron chi connectivity index (χ4n) is 0.493. The van der Waals surface area contributed by atoms with Gasteiger partial charge in [0.05, 0.1) is 0 Å². The summed E-state index contributed by atoms with van der Waals surface area (Å²) < 4.78 is 0. The van der Waals surface area contributed by atoms with Gasteiger partial charge in [0.1, 0.15) is 0 Å². The molecule has 60 valence electrons. The van der Waals surface area contributed by atoms with Crippen LogP contribution < -0.4 is 0 Å². The first kappa shape index (κ1) is 9.89. The van der Waals surface area contributed by atoms with Crippen molar-refractivity contribution in [1.29, 1.82) is 0 Å². The van der Waals surface area contributed by atoms with Gasteiger partial charge in [-0.3, -0.25) is 4.79 Å². The molecule has 0 aliphatic heterocycles. The summed E-state index contributed by atoms with van der Waals surface area (Å²) in [4.78, 5) is 10.7. The standard InChI is InChI=1S/C10H14O/c1-4-5-6-7-8-9(2)10(3)11/h4-8H,1-3H3/b5-4+,7-6+,9-8-. The minimum atomic E-state index is 0.120. The maximum atomic E-state index is 10.7. The van der Waals surface area contributed by atoms with Crippen molar-refractivity contribution in [3.63, 3.8) is 0 Å². The van der Waals surface area contributed by atoms with Crippen LogP contribution in [0.15, 0.2) is 36.0 Å². The van der Waals surface area contributed by atoms with Gasteiger partial charge >= 0.3 is 0 Å². The first-order valence-corrected chi connectivity index (χ1v) is 3.65. The van der Waals surface area contributed by atoms with Crippen molar-refractivity contribution < 1.29 is 4.79 Å². The van der Waals surface area contributed by atoms with Crippen LogP contribution in [-0.2, 0) is 4.79 Å². The molecule has 0 fully saturated rings. The number of carbonyl (C=O) groups excluding carboxylic acids is 1. The first-order valence-electron chi connectivity index (χ1n) is 3.65. The third-order valence-corrected chi connectivity index (χ3v) is 1.32. The van der Waals surface area contributed by atoms with E-state index in [0.29, 0.717) is 0 Å². The van der Waals surface area contributed by atoms with Crippen LogP contribution in [0.4, 0.5) is 0 Å². The summed E-state index contributed by atoms with van der Waals surface area (Å²) in [6.45, 7) is 5.32. The molecule has 0 aromatic heterocycles. The highest BCUT2D eigenvalue weighted by atomic mass is 16.1. The molecule has 0 saturated heterocycles. The molecule has 1 nitrogen and oxygen atoms in total. The molecule has 0 N–H and O–H groups in total. The zero-order chi connectivity index (χ0) is 8.69. The monoisotopic (exact) mass is 150 g/mol. The molecule has 0 rings (SSSR count). The number of hydrogen-bond acceptors (Lipinski definition) is 1. The van der Waals surface area contributed by atoms with Gasteiger partial charge in [-0.2, -0.15) is 0 Å². The number of rotatable bonds is 3. The molecule has 0 radical (unpaired) electrons. The van der Waals surface area contributed by atoms with Crippen LogP contribution in [0.2, 0.25) is 0 Å². The van der Waals surface area contributed by atoms with Crippen LogP contribution in [0.5, 0.6) is 0 Å². The molecule has 11 heavy (non-hydrogen) atoms. The predicted molar refractivity (Wildman–Crippen MR) is 48.4 cm³/mol. The van der Waals surface area contributed by atoms with E-state index >= 15 is 0 Å².